The van der Waals surface area contributed by atoms with E-state index in [0.717, 1.165) is 5.56 Å². The summed E-state index contributed by atoms with van der Waals surface area (Å²) < 4.78 is 0. The summed E-state index contributed by atoms with van der Waals surface area (Å²) in [5, 5.41) is 35.4. The van der Waals surface area contributed by atoms with Crippen molar-refractivity contribution in [3.05, 3.63) is 35.9 Å². The summed E-state index contributed by atoms with van der Waals surface area (Å²) in [6.45, 7) is 3.70. The molecule has 0 saturated heterocycles. The van der Waals surface area contributed by atoms with E-state index in [4.69, 9.17) is 10.8 Å². The molecule has 6 atom stereocenters. The van der Waals surface area contributed by atoms with Crippen LogP contribution in [0.15, 0.2) is 30.3 Å². The van der Waals surface area contributed by atoms with E-state index in [9.17, 15) is 29.4 Å². The van der Waals surface area contributed by atoms with E-state index in [2.05, 4.69) is 16.0 Å². The Hall–Kier alpha value is -3.02. The first-order valence-electron chi connectivity index (χ1n) is 9.73. The molecule has 0 saturated carbocycles. The van der Waals surface area contributed by atoms with Crippen LogP contribution in [0.4, 0.5) is 0 Å². The van der Waals surface area contributed by atoms with Crippen molar-refractivity contribution >= 4 is 23.7 Å². The van der Waals surface area contributed by atoms with Crippen LogP contribution in [0.3, 0.4) is 0 Å². The number of hydrogen-bond acceptors (Lipinski definition) is 7. The summed E-state index contributed by atoms with van der Waals surface area (Å²) in [5.41, 5.74) is 6.70. The number of nitrogens with two attached hydrogens (primary N) is 1. The van der Waals surface area contributed by atoms with Gasteiger partial charge < -0.3 is 37.0 Å². The van der Waals surface area contributed by atoms with E-state index in [1.165, 1.54) is 20.8 Å². The van der Waals surface area contributed by atoms with Gasteiger partial charge in [-0.15, -0.1) is 0 Å². The summed E-state index contributed by atoms with van der Waals surface area (Å²) in [4.78, 5) is 48.2. The zero-order valence-electron chi connectivity index (χ0n) is 17.6. The number of carboxylic acids is 1. The largest absolute Gasteiger partial charge is 0.480 e. The minimum atomic E-state index is -1.51. The highest BCUT2D eigenvalue weighted by molar-refractivity contribution is 5.94. The Morgan fingerprint density at radius 2 is 1.29 bits per heavy atom. The lowest BCUT2D eigenvalue weighted by Crippen LogP contribution is -2.61. The Balaban J connectivity index is 2.83. The summed E-state index contributed by atoms with van der Waals surface area (Å²) >= 11 is 0. The number of nitrogens with one attached hydrogen (secondary N) is 3. The molecule has 1 aromatic rings. The molecular formula is C20H30N4O7. The average Bonchev–Trinajstić information content (AvgIpc) is 2.69. The molecule has 0 aromatic heterocycles. The number of aliphatic hydroxyl groups excluding tert-OH is 2. The van der Waals surface area contributed by atoms with Crippen LogP contribution in [0, 0.1) is 0 Å². The fourth-order valence-corrected chi connectivity index (χ4v) is 2.64. The van der Waals surface area contributed by atoms with Crippen LogP contribution >= 0.6 is 0 Å². The average molecular weight is 438 g/mol. The summed E-state index contributed by atoms with van der Waals surface area (Å²) in [6.07, 6.45) is -2.52. The predicted octanol–water partition coefficient (Wildman–Crippen LogP) is -2.12. The molecule has 0 spiro atoms. The van der Waals surface area contributed by atoms with E-state index in [1.54, 1.807) is 24.3 Å². The van der Waals surface area contributed by atoms with Crippen molar-refractivity contribution in [2.75, 3.05) is 0 Å². The van der Waals surface area contributed by atoms with Gasteiger partial charge in [-0.25, -0.2) is 0 Å². The molecule has 0 radical (unpaired) electrons. The second-order valence-electron chi connectivity index (χ2n) is 7.32. The number of aliphatic carboxylic acids is 1. The van der Waals surface area contributed by atoms with Crippen molar-refractivity contribution in [1.82, 2.24) is 16.0 Å². The van der Waals surface area contributed by atoms with Gasteiger partial charge in [0.15, 0.2) is 0 Å². The standard InChI is InChI=1S/C20H30N4O7/c1-10(20(30)31)22-18(28)15(11(2)25)24-19(29)16(12(3)26)23-17(27)14(21)9-13-7-5-4-6-8-13/h4-8,10-12,14-16,25-26H,9,21H2,1-3H3,(H,22,28)(H,23,27)(H,24,29)(H,30,31). The number of aliphatic hydroxyl groups is 2. The zero-order chi connectivity index (χ0) is 23.7. The van der Waals surface area contributed by atoms with Gasteiger partial charge in [-0.1, -0.05) is 30.3 Å². The fraction of sp³-hybridized carbons (Fsp3) is 0.500. The van der Waals surface area contributed by atoms with Gasteiger partial charge >= 0.3 is 5.97 Å². The summed E-state index contributed by atoms with van der Waals surface area (Å²) in [7, 11) is 0. The van der Waals surface area contributed by atoms with Gasteiger partial charge in [0, 0.05) is 0 Å². The lowest BCUT2D eigenvalue weighted by atomic mass is 10.0. The number of carbonyl (C=O) groups excluding carboxylic acids is 3. The number of hydrogen-bond donors (Lipinski definition) is 7. The molecule has 0 aliphatic carbocycles. The van der Waals surface area contributed by atoms with E-state index < -0.39 is 60.1 Å². The molecule has 8 N–H and O–H groups in total. The topological polar surface area (TPSA) is 191 Å². The van der Waals surface area contributed by atoms with Crippen LogP contribution < -0.4 is 21.7 Å². The van der Waals surface area contributed by atoms with Crippen molar-refractivity contribution in [3.63, 3.8) is 0 Å². The maximum atomic E-state index is 12.6. The molecule has 0 heterocycles. The van der Waals surface area contributed by atoms with Crippen molar-refractivity contribution in [2.45, 2.75) is 63.6 Å². The first-order valence-corrected chi connectivity index (χ1v) is 9.73. The van der Waals surface area contributed by atoms with Crippen molar-refractivity contribution in [1.29, 1.82) is 0 Å². The minimum Gasteiger partial charge on any atom is -0.480 e. The van der Waals surface area contributed by atoms with Crippen LogP contribution in [0.2, 0.25) is 0 Å². The van der Waals surface area contributed by atoms with Gasteiger partial charge in [-0.2, -0.15) is 0 Å². The maximum absolute atomic E-state index is 12.6. The van der Waals surface area contributed by atoms with Crippen molar-refractivity contribution in [3.8, 4) is 0 Å². The third-order valence-electron chi connectivity index (χ3n) is 4.49. The third kappa shape index (κ3) is 8.32. The molecule has 31 heavy (non-hydrogen) atoms. The summed E-state index contributed by atoms with van der Waals surface area (Å²) in [6, 6.07) is 3.75. The molecule has 11 heteroatoms. The Morgan fingerprint density at radius 1 is 0.839 bits per heavy atom. The summed E-state index contributed by atoms with van der Waals surface area (Å²) in [5.74, 6) is -3.87. The van der Waals surface area contributed by atoms with Gasteiger partial charge in [0.05, 0.1) is 18.2 Å². The van der Waals surface area contributed by atoms with E-state index in [-0.39, 0.29) is 6.42 Å². The van der Waals surface area contributed by atoms with E-state index >= 15 is 0 Å². The van der Waals surface area contributed by atoms with Gasteiger partial charge in [0.1, 0.15) is 18.1 Å². The first-order chi connectivity index (χ1) is 14.4. The number of carbonyl (C=O) groups is 4. The molecule has 11 nitrogen and oxygen atoms in total. The lowest BCUT2D eigenvalue weighted by molar-refractivity contribution is -0.142. The SMILES string of the molecule is CC(NC(=O)C(NC(=O)C(NC(=O)C(N)Cc1ccccc1)C(C)O)C(C)O)C(=O)O. The highest BCUT2D eigenvalue weighted by Gasteiger charge is 2.33. The molecule has 172 valence electrons. The highest BCUT2D eigenvalue weighted by atomic mass is 16.4. The first kappa shape index (κ1) is 26.0. The quantitative estimate of drug-likeness (QED) is 0.204. The Bertz CT molecular complexity index is 770. The molecule has 1 rings (SSSR count). The highest BCUT2D eigenvalue weighted by Crippen LogP contribution is 2.04. The van der Waals surface area contributed by atoms with Crippen LogP contribution in [-0.4, -0.2) is 75.4 Å². The molecule has 6 unspecified atom stereocenters. The van der Waals surface area contributed by atoms with Gasteiger partial charge in [-0.05, 0) is 32.8 Å². The van der Waals surface area contributed by atoms with Crippen LogP contribution in [-0.2, 0) is 25.6 Å². The molecule has 0 aliphatic rings. The van der Waals surface area contributed by atoms with Crippen LogP contribution in [0.25, 0.3) is 0 Å². The molecule has 3 amide bonds. The fourth-order valence-electron chi connectivity index (χ4n) is 2.64. The normalized spacial score (nSPS) is 16.7. The molecule has 0 bridgehead atoms. The van der Waals surface area contributed by atoms with E-state index in [0.29, 0.717) is 0 Å². The van der Waals surface area contributed by atoms with E-state index in [1.807, 2.05) is 6.07 Å². The molecular weight excluding hydrogens is 408 g/mol. The number of benzene rings is 1. The van der Waals surface area contributed by atoms with Crippen molar-refractivity contribution < 1.29 is 34.5 Å². The zero-order valence-corrected chi connectivity index (χ0v) is 17.6. The number of amides is 3. The molecule has 1 aromatic carbocycles. The Kier molecular flexibility index (Phi) is 10.1. The van der Waals surface area contributed by atoms with Crippen molar-refractivity contribution in [2.24, 2.45) is 5.73 Å². The Morgan fingerprint density at radius 3 is 1.74 bits per heavy atom. The molecule has 0 aliphatic heterocycles. The number of rotatable bonds is 11. The third-order valence-corrected chi connectivity index (χ3v) is 4.49. The number of carboxylic acid groups (broad SMARTS) is 1. The monoisotopic (exact) mass is 438 g/mol. The van der Waals surface area contributed by atoms with Crippen LogP contribution in [0.1, 0.15) is 26.3 Å². The van der Waals surface area contributed by atoms with Gasteiger partial charge in [0.25, 0.3) is 0 Å². The lowest BCUT2D eigenvalue weighted by Gasteiger charge is -2.27. The maximum Gasteiger partial charge on any atom is 0.325 e. The van der Waals surface area contributed by atoms with Gasteiger partial charge in [-0.3, -0.25) is 19.2 Å². The van der Waals surface area contributed by atoms with Crippen LogP contribution in [0.5, 0.6) is 0 Å². The predicted molar refractivity (Wildman–Crippen MR) is 111 cm³/mol. The molecule has 0 fully saturated rings. The minimum absolute atomic E-state index is 0.201. The Labute approximate surface area is 180 Å². The van der Waals surface area contributed by atoms with Gasteiger partial charge in [0.2, 0.25) is 17.7 Å². The second kappa shape index (κ2) is 12.0. The second-order valence-corrected chi connectivity index (χ2v) is 7.32. The smallest absolute Gasteiger partial charge is 0.325 e.